The lowest BCUT2D eigenvalue weighted by Gasteiger charge is -2.29. The number of hydrogen-bond donors (Lipinski definition) is 3. The van der Waals surface area contributed by atoms with Gasteiger partial charge in [0.05, 0.1) is 12.9 Å². The van der Waals surface area contributed by atoms with E-state index in [1.807, 2.05) is 0 Å². The van der Waals surface area contributed by atoms with Crippen LogP contribution in [-0.4, -0.2) is 50.6 Å². The number of carbonyl (C=O) groups excluding carboxylic acids is 1. The smallest absolute Gasteiger partial charge is 0.277 e. The summed E-state index contributed by atoms with van der Waals surface area (Å²) in [6, 6.07) is 0. The van der Waals surface area contributed by atoms with Gasteiger partial charge in [0.2, 0.25) is 6.35 Å². The summed E-state index contributed by atoms with van der Waals surface area (Å²) in [5.74, 6) is 0.0289. The summed E-state index contributed by atoms with van der Waals surface area (Å²) in [6.45, 7) is 0.238. The maximum Gasteiger partial charge on any atom is 0.277 e. The summed E-state index contributed by atoms with van der Waals surface area (Å²) in [4.78, 5) is 16.9. The van der Waals surface area contributed by atoms with Crippen molar-refractivity contribution in [3.63, 3.8) is 0 Å². The first-order chi connectivity index (χ1) is 7.15. The molecule has 0 saturated heterocycles. The van der Waals surface area contributed by atoms with E-state index in [0.29, 0.717) is 18.1 Å². The SMILES string of the molecule is CN1C(=O)c2c(ncn2CCO)NC1O. The molecule has 1 aromatic heterocycles. The van der Waals surface area contributed by atoms with E-state index < -0.39 is 6.35 Å². The molecule has 0 fully saturated rings. The molecule has 1 amide bonds. The van der Waals surface area contributed by atoms with Crippen molar-refractivity contribution in [2.45, 2.75) is 12.9 Å². The number of amides is 1. The number of aliphatic hydroxyl groups excluding tert-OH is 2. The summed E-state index contributed by atoms with van der Waals surface area (Å²) in [5, 5.41) is 20.9. The van der Waals surface area contributed by atoms with Gasteiger partial charge >= 0.3 is 0 Å². The average molecular weight is 212 g/mol. The monoisotopic (exact) mass is 212 g/mol. The van der Waals surface area contributed by atoms with Crippen LogP contribution in [0.1, 0.15) is 10.5 Å². The first-order valence-corrected chi connectivity index (χ1v) is 4.53. The maximum absolute atomic E-state index is 11.8. The Kier molecular flexibility index (Phi) is 2.33. The van der Waals surface area contributed by atoms with Gasteiger partial charge in [-0.05, 0) is 0 Å². The van der Waals surface area contributed by atoms with Gasteiger partial charge in [-0.25, -0.2) is 4.98 Å². The van der Waals surface area contributed by atoms with Crippen LogP contribution in [0.4, 0.5) is 5.82 Å². The molecule has 82 valence electrons. The molecular formula is C8H12N4O3. The highest BCUT2D eigenvalue weighted by Crippen LogP contribution is 2.21. The summed E-state index contributed by atoms with van der Waals surface area (Å²) in [6.07, 6.45) is 0.403. The Labute approximate surface area is 85.9 Å². The van der Waals surface area contributed by atoms with Gasteiger partial charge in [0, 0.05) is 13.6 Å². The largest absolute Gasteiger partial charge is 0.395 e. The van der Waals surface area contributed by atoms with E-state index in [1.165, 1.54) is 13.4 Å². The molecule has 0 radical (unpaired) electrons. The Hall–Kier alpha value is -1.60. The molecule has 0 saturated carbocycles. The Morgan fingerprint density at radius 3 is 3.07 bits per heavy atom. The number of fused-ring (bicyclic) bond motifs is 1. The predicted octanol–water partition coefficient (Wildman–Crippen LogP) is -1.35. The third-order valence-electron chi connectivity index (χ3n) is 2.33. The summed E-state index contributed by atoms with van der Waals surface area (Å²) in [7, 11) is 1.49. The van der Waals surface area contributed by atoms with Crippen LogP contribution in [0.2, 0.25) is 0 Å². The number of imidazole rings is 1. The highest BCUT2D eigenvalue weighted by atomic mass is 16.3. The van der Waals surface area contributed by atoms with Gasteiger partial charge in [-0.3, -0.25) is 9.69 Å². The number of carbonyl (C=O) groups is 1. The fraction of sp³-hybridized carbons (Fsp3) is 0.500. The summed E-state index contributed by atoms with van der Waals surface area (Å²) in [5.41, 5.74) is 0.358. The Morgan fingerprint density at radius 2 is 2.40 bits per heavy atom. The van der Waals surface area contributed by atoms with E-state index in [2.05, 4.69) is 10.3 Å². The molecule has 0 bridgehead atoms. The maximum atomic E-state index is 11.8. The van der Waals surface area contributed by atoms with Crippen molar-refractivity contribution in [1.29, 1.82) is 0 Å². The van der Waals surface area contributed by atoms with E-state index in [1.54, 1.807) is 4.57 Å². The van der Waals surface area contributed by atoms with E-state index in [0.717, 1.165) is 4.90 Å². The number of nitrogens with one attached hydrogen (secondary N) is 1. The van der Waals surface area contributed by atoms with E-state index in [9.17, 15) is 9.90 Å². The molecule has 15 heavy (non-hydrogen) atoms. The Morgan fingerprint density at radius 1 is 1.67 bits per heavy atom. The van der Waals surface area contributed by atoms with Gasteiger partial charge in [0.25, 0.3) is 5.91 Å². The van der Waals surface area contributed by atoms with Crippen LogP contribution in [0.25, 0.3) is 0 Å². The zero-order valence-electron chi connectivity index (χ0n) is 8.21. The molecule has 1 unspecified atom stereocenters. The molecular weight excluding hydrogens is 200 g/mol. The van der Waals surface area contributed by atoms with Crippen LogP contribution in [0.15, 0.2) is 6.33 Å². The number of aliphatic hydroxyl groups is 2. The lowest BCUT2D eigenvalue weighted by atomic mass is 10.3. The predicted molar refractivity (Wildman–Crippen MR) is 51.0 cm³/mol. The number of rotatable bonds is 2. The summed E-state index contributed by atoms with van der Waals surface area (Å²) < 4.78 is 1.55. The Bertz CT molecular complexity index is 376. The topological polar surface area (TPSA) is 90.6 Å². The van der Waals surface area contributed by atoms with E-state index in [4.69, 9.17) is 5.11 Å². The highest BCUT2D eigenvalue weighted by molar-refractivity contribution is 5.98. The minimum Gasteiger partial charge on any atom is -0.395 e. The fourth-order valence-corrected chi connectivity index (χ4v) is 1.49. The van der Waals surface area contributed by atoms with Crippen molar-refractivity contribution in [2.24, 2.45) is 0 Å². The number of hydrogen-bond acceptors (Lipinski definition) is 5. The standard InChI is InChI=1S/C8H12N4O3/c1-11-7(14)5-6(10-8(11)15)9-4-12(5)2-3-13/h4,8,10,13,15H,2-3H2,1H3. The van der Waals surface area contributed by atoms with Gasteiger partial charge < -0.3 is 20.1 Å². The molecule has 1 aliphatic rings. The zero-order valence-corrected chi connectivity index (χ0v) is 8.21. The molecule has 2 heterocycles. The van der Waals surface area contributed by atoms with Crippen LogP contribution < -0.4 is 5.32 Å². The quantitative estimate of drug-likeness (QED) is 0.564. The number of aromatic nitrogens is 2. The molecule has 3 N–H and O–H groups in total. The van der Waals surface area contributed by atoms with Crippen LogP contribution >= 0.6 is 0 Å². The molecule has 0 spiro atoms. The van der Waals surface area contributed by atoms with E-state index >= 15 is 0 Å². The van der Waals surface area contributed by atoms with E-state index in [-0.39, 0.29) is 12.5 Å². The fourth-order valence-electron chi connectivity index (χ4n) is 1.49. The molecule has 0 aliphatic carbocycles. The van der Waals surface area contributed by atoms with Gasteiger partial charge in [-0.1, -0.05) is 0 Å². The van der Waals surface area contributed by atoms with Gasteiger partial charge in [-0.15, -0.1) is 0 Å². The lowest BCUT2D eigenvalue weighted by molar-refractivity contribution is 0.0289. The first-order valence-electron chi connectivity index (χ1n) is 4.53. The normalized spacial score (nSPS) is 20.1. The van der Waals surface area contributed by atoms with Crippen molar-refractivity contribution in [3.8, 4) is 0 Å². The van der Waals surface area contributed by atoms with Gasteiger partial charge in [-0.2, -0.15) is 0 Å². The minimum atomic E-state index is -1.05. The molecule has 7 heteroatoms. The van der Waals surface area contributed by atoms with Gasteiger partial charge in [0.15, 0.2) is 11.5 Å². The molecule has 1 atom stereocenters. The number of anilines is 1. The van der Waals surface area contributed by atoms with Crippen LogP contribution in [-0.2, 0) is 6.54 Å². The second kappa shape index (κ2) is 3.52. The van der Waals surface area contributed by atoms with Crippen molar-refractivity contribution >= 4 is 11.7 Å². The third kappa shape index (κ3) is 1.45. The van der Waals surface area contributed by atoms with Crippen LogP contribution in [0.3, 0.4) is 0 Å². The second-order valence-corrected chi connectivity index (χ2v) is 3.29. The van der Waals surface area contributed by atoms with Crippen molar-refractivity contribution in [2.75, 3.05) is 19.0 Å². The molecule has 1 aromatic rings. The van der Waals surface area contributed by atoms with Crippen LogP contribution in [0.5, 0.6) is 0 Å². The van der Waals surface area contributed by atoms with Crippen molar-refractivity contribution < 1.29 is 15.0 Å². The molecule has 1 aliphatic heterocycles. The van der Waals surface area contributed by atoms with Gasteiger partial charge in [0.1, 0.15) is 0 Å². The highest BCUT2D eigenvalue weighted by Gasteiger charge is 2.31. The van der Waals surface area contributed by atoms with Crippen LogP contribution in [0, 0.1) is 0 Å². The first kappa shape index (κ1) is 9.94. The molecule has 7 nitrogen and oxygen atoms in total. The lowest BCUT2D eigenvalue weighted by Crippen LogP contribution is -2.46. The van der Waals surface area contributed by atoms with Crippen molar-refractivity contribution in [1.82, 2.24) is 14.5 Å². The molecule has 2 rings (SSSR count). The molecule has 0 aromatic carbocycles. The zero-order chi connectivity index (χ0) is 11.0. The second-order valence-electron chi connectivity index (χ2n) is 3.29. The minimum absolute atomic E-state index is 0.0671. The summed E-state index contributed by atoms with van der Waals surface area (Å²) >= 11 is 0. The van der Waals surface area contributed by atoms with Crippen molar-refractivity contribution in [3.05, 3.63) is 12.0 Å². The Balaban J connectivity index is 2.41. The average Bonchev–Trinajstić information content (AvgIpc) is 2.59. The third-order valence-corrected chi connectivity index (χ3v) is 2.33. The number of nitrogens with zero attached hydrogens (tertiary/aromatic N) is 3.